The lowest BCUT2D eigenvalue weighted by atomic mass is 10.6. The van der Waals surface area contributed by atoms with E-state index < -0.39 is 17.5 Å². The van der Waals surface area contributed by atoms with Crippen molar-refractivity contribution in [2.24, 2.45) is 0 Å². The van der Waals surface area contributed by atoms with Gasteiger partial charge in [-0.25, -0.2) is 0 Å². The van der Waals surface area contributed by atoms with Gasteiger partial charge < -0.3 is 15.4 Å². The van der Waals surface area contributed by atoms with Gasteiger partial charge >= 0.3 is 0 Å². The molecule has 11 heavy (non-hydrogen) atoms. The Bertz CT molecular complexity index is 94.7. The molecular weight excluding hydrogens is 156 g/mol. The highest BCUT2D eigenvalue weighted by Gasteiger charge is 1.95. The van der Waals surface area contributed by atoms with Crippen molar-refractivity contribution in [2.75, 3.05) is 0 Å². The highest BCUT2D eigenvalue weighted by Crippen LogP contribution is 1.74. The summed E-state index contributed by atoms with van der Waals surface area (Å²) < 4.78 is 0. The Morgan fingerprint density at radius 1 is 1.36 bits per heavy atom. The standard InChI is InChI=1S/C4H11NO2.HNO3/c1-3(6)5-4(2)7;2-1(3)4/h3-7H,1-2H3;(H,2,3,4). The van der Waals surface area contributed by atoms with Crippen LogP contribution in [0.3, 0.4) is 0 Å². The predicted molar refractivity (Wildman–Crippen MR) is 35.3 cm³/mol. The van der Waals surface area contributed by atoms with E-state index in [4.69, 9.17) is 25.5 Å². The Balaban J connectivity index is 0. The highest BCUT2D eigenvalue weighted by molar-refractivity contribution is 4.42. The van der Waals surface area contributed by atoms with Gasteiger partial charge in [-0.2, -0.15) is 0 Å². The zero-order chi connectivity index (χ0) is 9.44. The normalized spacial score (nSPS) is 14.2. The molecule has 0 saturated heterocycles. The third-order valence-electron chi connectivity index (χ3n) is 0.482. The Hall–Kier alpha value is -0.920. The molecule has 0 aromatic rings. The molecule has 0 bridgehead atoms. The van der Waals surface area contributed by atoms with E-state index in [2.05, 4.69) is 5.32 Å². The lowest BCUT2D eigenvalue weighted by molar-refractivity contribution is -0.742. The smallest absolute Gasteiger partial charge is 0.291 e. The van der Waals surface area contributed by atoms with Gasteiger partial charge in [-0.3, -0.25) is 5.32 Å². The molecule has 0 amide bonds. The first-order chi connectivity index (χ1) is 4.86. The monoisotopic (exact) mass is 168 g/mol. The van der Waals surface area contributed by atoms with E-state index >= 15 is 0 Å². The molecule has 0 saturated carbocycles. The van der Waals surface area contributed by atoms with Crippen LogP contribution in [0.15, 0.2) is 0 Å². The molecule has 0 aliphatic heterocycles. The van der Waals surface area contributed by atoms with Crippen LogP contribution in [0.25, 0.3) is 0 Å². The van der Waals surface area contributed by atoms with Gasteiger partial charge in [0.05, 0.1) is 0 Å². The van der Waals surface area contributed by atoms with Crippen molar-refractivity contribution in [1.29, 1.82) is 0 Å². The molecule has 68 valence electrons. The molecule has 0 aromatic carbocycles. The molecule has 0 aromatic heterocycles. The second kappa shape index (κ2) is 7.19. The van der Waals surface area contributed by atoms with Crippen LogP contribution in [0.1, 0.15) is 13.8 Å². The van der Waals surface area contributed by atoms with Gasteiger partial charge in [0.2, 0.25) is 0 Å². The van der Waals surface area contributed by atoms with E-state index in [1.54, 1.807) is 13.8 Å². The van der Waals surface area contributed by atoms with Gasteiger partial charge in [0.1, 0.15) is 12.5 Å². The molecule has 0 rings (SSSR count). The van der Waals surface area contributed by atoms with E-state index in [0.29, 0.717) is 0 Å². The van der Waals surface area contributed by atoms with Crippen molar-refractivity contribution in [3.63, 3.8) is 0 Å². The Morgan fingerprint density at radius 3 is 1.55 bits per heavy atom. The Morgan fingerprint density at radius 2 is 1.55 bits per heavy atom. The Labute approximate surface area is 63.4 Å². The first-order valence-electron chi connectivity index (χ1n) is 2.81. The fourth-order valence-electron chi connectivity index (χ4n) is 0.349. The summed E-state index contributed by atoms with van der Waals surface area (Å²) in [5, 5.41) is 33.0. The topological polar surface area (TPSA) is 116 Å². The summed E-state index contributed by atoms with van der Waals surface area (Å²) >= 11 is 0. The van der Waals surface area contributed by atoms with E-state index in [1.807, 2.05) is 0 Å². The molecule has 7 heteroatoms. The van der Waals surface area contributed by atoms with Crippen molar-refractivity contribution in [3.05, 3.63) is 10.1 Å². The molecule has 0 radical (unpaired) electrons. The molecule has 7 nitrogen and oxygen atoms in total. The summed E-state index contributed by atoms with van der Waals surface area (Å²) in [6.07, 6.45) is -1.25. The zero-order valence-corrected chi connectivity index (χ0v) is 6.26. The molecule has 0 aliphatic rings. The summed E-state index contributed by atoms with van der Waals surface area (Å²) in [7, 11) is 0. The molecule has 0 spiro atoms. The van der Waals surface area contributed by atoms with E-state index in [0.717, 1.165) is 0 Å². The number of aliphatic hydroxyl groups excluding tert-OH is 2. The predicted octanol–water partition coefficient (Wildman–Crippen LogP) is -1.10. The number of aliphatic hydroxyl groups is 2. The Kier molecular flexibility index (Phi) is 8.32. The van der Waals surface area contributed by atoms with Crippen LogP contribution in [0.2, 0.25) is 0 Å². The second-order valence-corrected chi connectivity index (χ2v) is 1.76. The zero-order valence-electron chi connectivity index (χ0n) is 6.26. The SMILES string of the molecule is CC(O)NC(C)O.O=[N+]([O-])O. The molecule has 0 aliphatic carbocycles. The van der Waals surface area contributed by atoms with Crippen LogP contribution in [-0.2, 0) is 0 Å². The lowest BCUT2D eigenvalue weighted by Gasteiger charge is -2.08. The fourth-order valence-corrected chi connectivity index (χ4v) is 0.349. The minimum atomic E-state index is -1.50. The van der Waals surface area contributed by atoms with Crippen LogP contribution in [0, 0.1) is 10.1 Å². The molecule has 2 atom stereocenters. The van der Waals surface area contributed by atoms with E-state index in [-0.39, 0.29) is 0 Å². The van der Waals surface area contributed by atoms with Gasteiger partial charge in [-0.15, -0.1) is 10.1 Å². The number of hydrogen-bond donors (Lipinski definition) is 4. The molecule has 0 fully saturated rings. The van der Waals surface area contributed by atoms with Gasteiger partial charge in [0.15, 0.2) is 0 Å². The van der Waals surface area contributed by atoms with Gasteiger partial charge in [-0.1, -0.05) is 0 Å². The number of hydrogen-bond acceptors (Lipinski definition) is 5. The van der Waals surface area contributed by atoms with Crippen LogP contribution < -0.4 is 5.32 Å². The van der Waals surface area contributed by atoms with Gasteiger partial charge in [0.25, 0.3) is 5.09 Å². The maximum atomic E-state index is 8.45. The number of nitrogens with zero attached hydrogens (tertiary/aromatic N) is 1. The van der Waals surface area contributed by atoms with Crippen molar-refractivity contribution < 1.29 is 20.5 Å². The van der Waals surface area contributed by atoms with Crippen LogP contribution in [0.5, 0.6) is 0 Å². The maximum Gasteiger partial charge on any atom is 0.291 e. The van der Waals surface area contributed by atoms with E-state index in [9.17, 15) is 0 Å². The summed E-state index contributed by atoms with van der Waals surface area (Å²) in [6.45, 7) is 3.10. The molecule has 0 heterocycles. The summed E-state index contributed by atoms with van der Waals surface area (Å²) in [5.74, 6) is 0. The molecule has 4 N–H and O–H groups in total. The minimum Gasteiger partial charge on any atom is -0.379 e. The quantitative estimate of drug-likeness (QED) is 0.236. The van der Waals surface area contributed by atoms with Crippen LogP contribution >= 0.6 is 0 Å². The largest absolute Gasteiger partial charge is 0.379 e. The van der Waals surface area contributed by atoms with Crippen LogP contribution in [-0.4, -0.2) is 33.0 Å². The third-order valence-corrected chi connectivity index (χ3v) is 0.482. The van der Waals surface area contributed by atoms with Crippen molar-refractivity contribution in [1.82, 2.24) is 5.32 Å². The van der Waals surface area contributed by atoms with E-state index in [1.165, 1.54) is 0 Å². The summed E-state index contributed by atoms with van der Waals surface area (Å²) in [6, 6.07) is 0. The fraction of sp³-hybridized carbons (Fsp3) is 1.00. The summed E-state index contributed by atoms with van der Waals surface area (Å²) in [4.78, 5) is 8.36. The van der Waals surface area contributed by atoms with Crippen molar-refractivity contribution in [3.8, 4) is 0 Å². The third kappa shape index (κ3) is 48.0. The first kappa shape index (κ1) is 12.7. The second-order valence-electron chi connectivity index (χ2n) is 1.76. The average Bonchev–Trinajstić information content (AvgIpc) is 1.56. The molecule has 2 unspecified atom stereocenters. The van der Waals surface area contributed by atoms with Crippen molar-refractivity contribution >= 4 is 0 Å². The molecular formula is C4H12N2O5. The summed E-state index contributed by atoms with van der Waals surface area (Å²) in [5.41, 5.74) is 0. The number of rotatable bonds is 2. The average molecular weight is 168 g/mol. The number of nitrogens with one attached hydrogen (secondary N) is 1. The highest BCUT2D eigenvalue weighted by atomic mass is 16.9. The lowest BCUT2D eigenvalue weighted by Crippen LogP contribution is -2.33. The first-order valence-corrected chi connectivity index (χ1v) is 2.81. The van der Waals surface area contributed by atoms with Gasteiger partial charge in [0, 0.05) is 0 Å². The van der Waals surface area contributed by atoms with Crippen molar-refractivity contribution in [2.45, 2.75) is 26.3 Å². The maximum absolute atomic E-state index is 8.45. The van der Waals surface area contributed by atoms with Gasteiger partial charge in [-0.05, 0) is 13.8 Å². The minimum absolute atomic E-state index is 0.625. The van der Waals surface area contributed by atoms with Crippen LogP contribution in [0.4, 0.5) is 0 Å².